The molecule has 1 saturated carbocycles. The summed E-state index contributed by atoms with van der Waals surface area (Å²) in [4.78, 5) is 12.9. The number of anilines is 2. The highest BCUT2D eigenvalue weighted by Crippen LogP contribution is 2.24. The average molecular weight is 269 g/mol. The van der Waals surface area contributed by atoms with Gasteiger partial charge in [-0.1, -0.05) is 11.8 Å². The van der Waals surface area contributed by atoms with Gasteiger partial charge in [0.05, 0.1) is 12.1 Å². The van der Waals surface area contributed by atoms with Crippen molar-refractivity contribution in [2.45, 2.75) is 43.4 Å². The highest BCUT2D eigenvalue weighted by molar-refractivity contribution is 7.98. The molecule has 0 bridgehead atoms. The first kappa shape index (κ1) is 13.4. The van der Waals surface area contributed by atoms with E-state index in [9.17, 15) is 5.11 Å². The van der Waals surface area contributed by atoms with Crippen molar-refractivity contribution in [1.29, 1.82) is 0 Å². The highest BCUT2D eigenvalue weighted by Gasteiger charge is 2.23. The van der Waals surface area contributed by atoms with Gasteiger partial charge in [-0.25, -0.2) is 0 Å². The number of nitrogens with zero attached hydrogens (tertiary/aromatic N) is 3. The largest absolute Gasteiger partial charge is 0.394 e. The number of hydrogen-bond acceptors (Lipinski definition) is 7. The van der Waals surface area contributed by atoms with Crippen LogP contribution in [0.25, 0.3) is 0 Å². The van der Waals surface area contributed by atoms with Crippen LogP contribution in [0.15, 0.2) is 5.16 Å². The van der Waals surface area contributed by atoms with E-state index >= 15 is 0 Å². The maximum absolute atomic E-state index is 9.25. The second-order valence-electron chi connectivity index (χ2n) is 5.05. The van der Waals surface area contributed by atoms with Crippen LogP contribution in [0.5, 0.6) is 0 Å². The molecule has 1 aliphatic rings. The van der Waals surface area contributed by atoms with Crippen LogP contribution < -0.4 is 10.6 Å². The Balaban J connectivity index is 2.17. The van der Waals surface area contributed by atoms with Gasteiger partial charge in [0.2, 0.25) is 11.9 Å². The second-order valence-corrected chi connectivity index (χ2v) is 5.83. The summed E-state index contributed by atoms with van der Waals surface area (Å²) >= 11 is 1.47. The molecule has 7 heteroatoms. The lowest BCUT2D eigenvalue weighted by Crippen LogP contribution is -2.36. The number of rotatable bonds is 6. The van der Waals surface area contributed by atoms with Crippen LogP contribution in [-0.2, 0) is 0 Å². The van der Waals surface area contributed by atoms with Crippen molar-refractivity contribution in [3.8, 4) is 0 Å². The van der Waals surface area contributed by atoms with Gasteiger partial charge in [-0.05, 0) is 32.9 Å². The van der Waals surface area contributed by atoms with Crippen LogP contribution in [0.4, 0.5) is 11.9 Å². The molecule has 3 N–H and O–H groups in total. The molecule has 0 aromatic carbocycles. The van der Waals surface area contributed by atoms with Crippen molar-refractivity contribution in [1.82, 2.24) is 15.0 Å². The van der Waals surface area contributed by atoms with Crippen LogP contribution in [0, 0.1) is 0 Å². The lowest BCUT2D eigenvalue weighted by Gasteiger charge is -2.23. The van der Waals surface area contributed by atoms with Crippen molar-refractivity contribution in [2.24, 2.45) is 0 Å². The number of aromatic nitrogens is 3. The van der Waals surface area contributed by atoms with Crippen LogP contribution in [0.3, 0.4) is 0 Å². The van der Waals surface area contributed by atoms with Crippen LogP contribution in [0.1, 0.15) is 26.7 Å². The third-order valence-electron chi connectivity index (χ3n) is 2.55. The summed E-state index contributed by atoms with van der Waals surface area (Å²) in [7, 11) is 0. The smallest absolute Gasteiger partial charge is 0.228 e. The van der Waals surface area contributed by atoms with Crippen molar-refractivity contribution in [3.05, 3.63) is 0 Å². The SMILES string of the molecule is CSc1nc(NC2CC2)nc(NC(C)(C)CO)n1. The van der Waals surface area contributed by atoms with E-state index in [1.165, 1.54) is 24.6 Å². The molecular weight excluding hydrogens is 250 g/mol. The van der Waals surface area contributed by atoms with E-state index in [0.717, 1.165) is 0 Å². The average Bonchev–Trinajstić information content (AvgIpc) is 3.12. The topological polar surface area (TPSA) is 83.0 Å². The molecule has 1 fully saturated rings. The monoisotopic (exact) mass is 269 g/mol. The van der Waals surface area contributed by atoms with Crippen LogP contribution in [-0.4, -0.2) is 44.5 Å². The predicted molar refractivity (Wildman–Crippen MR) is 73.0 cm³/mol. The van der Waals surface area contributed by atoms with Gasteiger partial charge in [-0.15, -0.1) is 0 Å². The van der Waals surface area contributed by atoms with Gasteiger partial charge >= 0.3 is 0 Å². The fourth-order valence-electron chi connectivity index (χ4n) is 1.32. The van der Waals surface area contributed by atoms with E-state index in [1.807, 2.05) is 20.1 Å². The fourth-order valence-corrected chi connectivity index (χ4v) is 1.68. The molecule has 1 aliphatic carbocycles. The van der Waals surface area contributed by atoms with Crippen LogP contribution >= 0.6 is 11.8 Å². The number of aliphatic hydroxyl groups is 1. The molecule has 0 radical (unpaired) electrons. The van der Waals surface area contributed by atoms with E-state index in [2.05, 4.69) is 25.6 Å². The Morgan fingerprint density at radius 3 is 2.50 bits per heavy atom. The molecule has 0 amide bonds. The van der Waals surface area contributed by atoms with Gasteiger partial charge in [0.1, 0.15) is 0 Å². The van der Waals surface area contributed by atoms with Crippen LogP contribution in [0.2, 0.25) is 0 Å². The summed E-state index contributed by atoms with van der Waals surface area (Å²) < 4.78 is 0. The van der Waals surface area contributed by atoms with Gasteiger partial charge in [0, 0.05) is 6.04 Å². The van der Waals surface area contributed by atoms with E-state index in [1.54, 1.807) is 0 Å². The zero-order chi connectivity index (χ0) is 13.2. The van der Waals surface area contributed by atoms with E-state index in [0.29, 0.717) is 23.1 Å². The summed E-state index contributed by atoms with van der Waals surface area (Å²) in [6.45, 7) is 3.80. The van der Waals surface area contributed by atoms with Crippen molar-refractivity contribution in [2.75, 3.05) is 23.5 Å². The van der Waals surface area contributed by atoms with E-state index in [4.69, 9.17) is 0 Å². The van der Waals surface area contributed by atoms with Gasteiger partial charge < -0.3 is 15.7 Å². The highest BCUT2D eigenvalue weighted by atomic mass is 32.2. The molecule has 1 aromatic heterocycles. The molecule has 2 rings (SSSR count). The van der Waals surface area contributed by atoms with Gasteiger partial charge in [-0.3, -0.25) is 0 Å². The quantitative estimate of drug-likeness (QED) is 0.672. The molecule has 0 atom stereocenters. The lowest BCUT2D eigenvalue weighted by atomic mass is 10.1. The van der Waals surface area contributed by atoms with E-state index < -0.39 is 5.54 Å². The third-order valence-corrected chi connectivity index (χ3v) is 3.10. The molecule has 0 spiro atoms. The number of nitrogens with one attached hydrogen (secondary N) is 2. The Labute approximate surface area is 111 Å². The maximum Gasteiger partial charge on any atom is 0.228 e. The first-order valence-corrected chi connectivity index (χ1v) is 7.20. The van der Waals surface area contributed by atoms with Gasteiger partial charge in [0.25, 0.3) is 0 Å². The molecule has 0 aliphatic heterocycles. The molecule has 18 heavy (non-hydrogen) atoms. The summed E-state index contributed by atoms with van der Waals surface area (Å²) in [5.74, 6) is 1.10. The summed E-state index contributed by atoms with van der Waals surface area (Å²) in [5, 5.41) is 16.3. The molecule has 6 nitrogen and oxygen atoms in total. The molecule has 1 heterocycles. The summed E-state index contributed by atoms with van der Waals surface area (Å²) in [6.07, 6.45) is 4.27. The standard InChI is InChI=1S/C11H19N5OS/c1-11(2,6-17)16-9-13-8(12-7-4-5-7)14-10(15-9)18-3/h7,17H,4-6H2,1-3H3,(H2,12,13,14,15,16). The molecule has 1 aromatic rings. The molecular formula is C11H19N5OS. The van der Waals surface area contributed by atoms with Gasteiger partial charge in [-0.2, -0.15) is 15.0 Å². The van der Waals surface area contributed by atoms with Crippen molar-refractivity contribution < 1.29 is 5.11 Å². The second kappa shape index (κ2) is 5.27. The Bertz CT molecular complexity index is 422. The maximum atomic E-state index is 9.25. The first-order valence-electron chi connectivity index (χ1n) is 5.98. The number of aliphatic hydroxyl groups excluding tert-OH is 1. The Kier molecular flexibility index (Phi) is 3.91. The molecule has 0 unspecified atom stereocenters. The normalized spacial score (nSPS) is 15.6. The number of hydrogen-bond donors (Lipinski definition) is 3. The van der Waals surface area contributed by atoms with Gasteiger partial charge in [0.15, 0.2) is 5.16 Å². The Morgan fingerprint density at radius 1 is 1.28 bits per heavy atom. The zero-order valence-electron chi connectivity index (χ0n) is 10.9. The number of thioether (sulfide) groups is 1. The minimum absolute atomic E-state index is 0.0126. The predicted octanol–water partition coefficient (Wildman–Crippen LogP) is 1.35. The summed E-state index contributed by atoms with van der Waals surface area (Å²) in [5.41, 5.74) is -0.451. The Morgan fingerprint density at radius 2 is 1.94 bits per heavy atom. The van der Waals surface area contributed by atoms with Crippen molar-refractivity contribution >= 4 is 23.7 Å². The fraction of sp³-hybridized carbons (Fsp3) is 0.727. The first-order chi connectivity index (χ1) is 8.52. The van der Waals surface area contributed by atoms with Crippen molar-refractivity contribution in [3.63, 3.8) is 0 Å². The minimum Gasteiger partial charge on any atom is -0.394 e. The summed E-state index contributed by atoms with van der Waals surface area (Å²) in [6, 6.07) is 0.501. The third kappa shape index (κ3) is 3.71. The van der Waals surface area contributed by atoms with E-state index in [-0.39, 0.29) is 6.61 Å². The lowest BCUT2D eigenvalue weighted by molar-refractivity contribution is 0.233. The molecule has 100 valence electrons. The minimum atomic E-state index is -0.451. The Hall–Kier alpha value is -1.08. The molecule has 0 saturated heterocycles. The zero-order valence-corrected chi connectivity index (χ0v) is 11.7.